The molecule has 1 saturated carbocycles. The lowest BCUT2D eigenvalue weighted by Gasteiger charge is -2.28. The van der Waals surface area contributed by atoms with Gasteiger partial charge in [-0.3, -0.25) is 14.5 Å². The van der Waals surface area contributed by atoms with Crippen LogP contribution in [0.3, 0.4) is 0 Å². The molecule has 0 radical (unpaired) electrons. The molecule has 1 aromatic carbocycles. The molecule has 1 fully saturated rings. The number of amides is 2. The van der Waals surface area contributed by atoms with E-state index in [-0.39, 0.29) is 45.6 Å². The van der Waals surface area contributed by atoms with Crippen molar-refractivity contribution in [2.24, 2.45) is 7.05 Å². The number of aryl methyl sites for hydroxylation is 1. The van der Waals surface area contributed by atoms with Crippen LogP contribution in [-0.2, 0) is 28.1 Å². The minimum absolute atomic E-state index is 0.0130. The predicted octanol–water partition coefficient (Wildman–Crippen LogP) is 5.10. The van der Waals surface area contributed by atoms with Gasteiger partial charge in [0, 0.05) is 18.8 Å². The summed E-state index contributed by atoms with van der Waals surface area (Å²) in [6.07, 6.45) is -18.1. The van der Waals surface area contributed by atoms with E-state index < -0.39 is 62.4 Å². The van der Waals surface area contributed by atoms with Crippen LogP contribution in [0.15, 0.2) is 30.6 Å². The van der Waals surface area contributed by atoms with Crippen LogP contribution in [0, 0.1) is 11.3 Å². The number of halogens is 11. The van der Waals surface area contributed by atoms with Crippen LogP contribution < -0.4 is 4.18 Å². The van der Waals surface area contributed by atoms with E-state index in [0.29, 0.717) is 16.6 Å². The van der Waals surface area contributed by atoms with Crippen LogP contribution in [0.2, 0.25) is 5.02 Å². The van der Waals surface area contributed by atoms with Gasteiger partial charge in [-0.2, -0.15) is 58.3 Å². The number of alkyl halides is 10. The van der Waals surface area contributed by atoms with Gasteiger partial charge < -0.3 is 4.18 Å². The van der Waals surface area contributed by atoms with Crippen LogP contribution >= 0.6 is 11.6 Å². The third kappa shape index (κ3) is 5.50. The summed E-state index contributed by atoms with van der Waals surface area (Å²) in [5.74, 6) is -4.70. The molecule has 3 aromatic rings. The van der Waals surface area contributed by atoms with Gasteiger partial charge in [0.1, 0.15) is 5.54 Å². The number of hydrogen-bond donors (Lipinski definition) is 0. The molecule has 0 N–H and O–H groups in total. The topological polar surface area (TPSA) is 140 Å². The second kappa shape index (κ2) is 10.9. The van der Waals surface area contributed by atoms with Crippen molar-refractivity contribution in [1.29, 1.82) is 5.26 Å². The minimum Gasteiger partial charge on any atom is -0.356 e. The largest absolute Gasteiger partial charge is 0.450 e. The van der Waals surface area contributed by atoms with Gasteiger partial charge in [-0.25, -0.2) is 13.8 Å². The number of aromatic nitrogens is 4. The smallest absolute Gasteiger partial charge is 0.356 e. The van der Waals surface area contributed by atoms with Crippen LogP contribution in [-0.4, -0.2) is 68.1 Å². The molecule has 4 rings (SSSR count). The summed E-state index contributed by atoms with van der Waals surface area (Å²) in [4.78, 5) is 25.2. The molecule has 2 aromatic heterocycles. The van der Waals surface area contributed by atoms with Crippen LogP contribution in [0.4, 0.5) is 43.9 Å². The van der Waals surface area contributed by atoms with E-state index in [9.17, 15) is 67.2 Å². The Morgan fingerprint density at radius 1 is 1.09 bits per heavy atom. The average Bonchev–Trinajstić information content (AvgIpc) is 3.41. The number of benzene rings is 1. The molecule has 0 atom stereocenters. The SMILES string of the molecule is Cn1nc(OS(=O)(=O)C(F)(C(F)(F)F)C(F)(F)F)c(C(F)(F)F)c1-n1cc(-c2ccc(Cl)c(C(=O)N(C=O)C3(C#N)CC3)c2)cn1. The van der Waals surface area contributed by atoms with E-state index >= 15 is 0 Å². The molecule has 23 heteroatoms. The normalized spacial score (nSPS) is 15.3. The van der Waals surface area contributed by atoms with E-state index in [1.54, 1.807) is 0 Å². The second-order valence-electron chi connectivity index (χ2n) is 9.55. The zero-order valence-corrected chi connectivity index (χ0v) is 23.7. The first-order valence-electron chi connectivity index (χ1n) is 11.9. The molecule has 11 nitrogen and oxygen atoms in total. The first kappa shape index (κ1) is 34.5. The van der Waals surface area contributed by atoms with Crippen molar-refractivity contribution in [3.8, 4) is 28.9 Å². The highest BCUT2D eigenvalue weighted by molar-refractivity contribution is 7.88. The summed E-state index contributed by atoms with van der Waals surface area (Å²) in [5, 5.41) is 8.56. The first-order valence-corrected chi connectivity index (χ1v) is 13.7. The van der Waals surface area contributed by atoms with E-state index in [2.05, 4.69) is 14.4 Å². The van der Waals surface area contributed by atoms with Crippen LogP contribution in [0.1, 0.15) is 28.8 Å². The molecule has 0 unspecified atom stereocenters. The summed E-state index contributed by atoms with van der Waals surface area (Å²) < 4.78 is 162. The Kier molecular flexibility index (Phi) is 8.14. The van der Waals surface area contributed by atoms with E-state index in [1.807, 2.05) is 6.07 Å². The summed E-state index contributed by atoms with van der Waals surface area (Å²) >= 11 is 6.10. The number of carbonyl (C=O) groups excluding carboxylic acids is 2. The van der Waals surface area contributed by atoms with Crippen molar-refractivity contribution in [2.75, 3.05) is 0 Å². The quantitative estimate of drug-likeness (QED) is 0.179. The zero-order chi connectivity index (χ0) is 34.8. The van der Waals surface area contributed by atoms with Crippen LogP contribution in [0.25, 0.3) is 16.9 Å². The summed E-state index contributed by atoms with van der Waals surface area (Å²) in [5.41, 5.74) is -4.17. The molecule has 0 bridgehead atoms. The van der Waals surface area contributed by atoms with Gasteiger partial charge in [-0.1, -0.05) is 17.7 Å². The molecular formula is C23H13ClF10N6O5S. The molecule has 0 spiro atoms. The van der Waals surface area contributed by atoms with Gasteiger partial charge in [-0.15, -0.1) is 5.10 Å². The van der Waals surface area contributed by atoms with Gasteiger partial charge in [-0.05, 0) is 30.5 Å². The van der Waals surface area contributed by atoms with E-state index in [1.165, 1.54) is 6.07 Å². The fraction of sp³-hybridized carbons (Fsp3) is 0.348. The maximum atomic E-state index is 14.2. The average molecular weight is 711 g/mol. The standard InChI is InChI=1S/C23H13ClF10N6O5S/c1-38-17(15(20(25,26)27)16(37-38)45-46(43,44)21(28,22(29,30)31)23(32,33)34)40-8-12(7-36-40)11-2-3-14(24)13(6-11)18(42)39(10-41)19(9-35)4-5-19/h2-3,6-8,10H,4-5H2,1H3. The van der Waals surface area contributed by atoms with Gasteiger partial charge in [0.2, 0.25) is 6.41 Å². The van der Waals surface area contributed by atoms with Crippen molar-refractivity contribution >= 4 is 34.0 Å². The Morgan fingerprint density at radius 2 is 1.67 bits per heavy atom. The Balaban J connectivity index is 1.79. The molecule has 46 heavy (non-hydrogen) atoms. The lowest BCUT2D eigenvalue weighted by Crippen LogP contribution is -2.60. The Hall–Kier alpha value is -4.39. The van der Waals surface area contributed by atoms with E-state index in [0.717, 1.165) is 24.5 Å². The number of nitriles is 1. The molecular weight excluding hydrogens is 698 g/mol. The molecule has 1 aliphatic carbocycles. The highest BCUT2D eigenvalue weighted by Crippen LogP contribution is 2.51. The lowest BCUT2D eigenvalue weighted by molar-refractivity contribution is -0.307. The number of hydrogen-bond acceptors (Lipinski definition) is 8. The van der Waals surface area contributed by atoms with Gasteiger partial charge in [0.25, 0.3) is 11.8 Å². The molecule has 0 saturated heterocycles. The molecule has 1 aliphatic rings. The highest BCUT2D eigenvalue weighted by atomic mass is 35.5. The fourth-order valence-corrected chi connectivity index (χ4v) is 5.32. The Bertz CT molecular complexity index is 1860. The Morgan fingerprint density at radius 3 is 2.15 bits per heavy atom. The highest BCUT2D eigenvalue weighted by Gasteiger charge is 2.82. The predicted molar refractivity (Wildman–Crippen MR) is 131 cm³/mol. The van der Waals surface area contributed by atoms with Crippen molar-refractivity contribution in [3.05, 3.63) is 46.7 Å². The molecule has 0 aliphatic heterocycles. The zero-order valence-electron chi connectivity index (χ0n) is 22.2. The number of nitrogens with zero attached hydrogens (tertiary/aromatic N) is 6. The minimum atomic E-state index is -7.65. The third-order valence-electron chi connectivity index (χ3n) is 6.58. The summed E-state index contributed by atoms with van der Waals surface area (Å²) in [7, 11) is -7.00. The molecule has 2 heterocycles. The summed E-state index contributed by atoms with van der Waals surface area (Å²) in [6.45, 7) is 0. The van der Waals surface area contributed by atoms with Crippen molar-refractivity contribution in [2.45, 2.75) is 41.9 Å². The van der Waals surface area contributed by atoms with E-state index in [4.69, 9.17) is 11.6 Å². The number of carbonyl (C=O) groups is 2. The first-order chi connectivity index (χ1) is 21.0. The number of imide groups is 1. The van der Waals surface area contributed by atoms with Gasteiger partial charge >= 0.3 is 33.6 Å². The van der Waals surface area contributed by atoms with Crippen molar-refractivity contribution in [1.82, 2.24) is 24.5 Å². The maximum Gasteiger partial charge on any atom is 0.450 e. The number of rotatable bonds is 8. The molecule has 2 amide bonds. The van der Waals surface area contributed by atoms with Gasteiger partial charge in [0.15, 0.2) is 11.4 Å². The van der Waals surface area contributed by atoms with Crippen molar-refractivity contribution < 1.29 is 66.1 Å². The molecule has 248 valence electrons. The lowest BCUT2D eigenvalue weighted by atomic mass is 10.0. The Labute approximate surface area is 254 Å². The maximum absolute atomic E-state index is 14.2. The third-order valence-corrected chi connectivity index (χ3v) is 8.44. The fourth-order valence-electron chi connectivity index (χ4n) is 4.12. The van der Waals surface area contributed by atoms with Crippen molar-refractivity contribution in [3.63, 3.8) is 0 Å². The van der Waals surface area contributed by atoms with Crippen LogP contribution in [0.5, 0.6) is 5.88 Å². The van der Waals surface area contributed by atoms with Gasteiger partial charge in [0.05, 0.1) is 22.9 Å². The summed E-state index contributed by atoms with van der Waals surface area (Å²) in [6, 6.07) is 5.32. The monoisotopic (exact) mass is 710 g/mol. The second-order valence-corrected chi connectivity index (χ2v) is 11.6.